The third-order valence-corrected chi connectivity index (χ3v) is 5.08. The van der Waals surface area contributed by atoms with Gasteiger partial charge in [-0.25, -0.2) is 4.39 Å². The number of ether oxygens (including phenoxy) is 1. The molecule has 0 saturated heterocycles. The second-order valence-electron chi connectivity index (χ2n) is 7.56. The van der Waals surface area contributed by atoms with E-state index in [1.807, 2.05) is 6.07 Å². The molecule has 4 rings (SSSR count). The van der Waals surface area contributed by atoms with Crippen LogP contribution in [0, 0.1) is 5.82 Å². The fourth-order valence-electron chi connectivity index (χ4n) is 3.30. The average molecular weight is 458 g/mol. The van der Waals surface area contributed by atoms with Crippen molar-refractivity contribution in [3.63, 3.8) is 0 Å². The summed E-state index contributed by atoms with van der Waals surface area (Å²) < 4.78 is 24.1. The van der Waals surface area contributed by atoms with Crippen molar-refractivity contribution >= 4 is 11.8 Å². The van der Waals surface area contributed by atoms with E-state index in [1.54, 1.807) is 73.0 Å². The van der Waals surface area contributed by atoms with Crippen LogP contribution in [0.25, 0.3) is 0 Å². The van der Waals surface area contributed by atoms with Crippen LogP contribution >= 0.6 is 0 Å². The Balaban J connectivity index is 1.35. The van der Waals surface area contributed by atoms with E-state index in [9.17, 15) is 14.0 Å². The molecular formula is C27H23FN2O4. The molecule has 2 N–H and O–H groups in total. The van der Waals surface area contributed by atoms with Gasteiger partial charge in [0, 0.05) is 12.1 Å². The molecule has 6 nitrogen and oxygen atoms in total. The normalized spacial score (nSPS) is 10.5. The van der Waals surface area contributed by atoms with Crippen molar-refractivity contribution in [1.29, 1.82) is 0 Å². The predicted octanol–water partition coefficient (Wildman–Crippen LogP) is 4.86. The molecule has 0 unspecified atom stereocenters. The van der Waals surface area contributed by atoms with Gasteiger partial charge in [0.2, 0.25) is 0 Å². The standard InChI is InChI=1S/C27H23FN2O4/c28-22-12-10-19(11-13-22)18-34-25-9-2-1-8-24(25)27(32)29-16-20-5-3-6-21(15-20)26(31)30-17-23-7-4-14-33-23/h1-15H,16-18H2,(H,29,32)(H,30,31). The lowest BCUT2D eigenvalue weighted by Gasteiger charge is -2.12. The monoisotopic (exact) mass is 458 g/mol. The molecular weight excluding hydrogens is 435 g/mol. The van der Waals surface area contributed by atoms with E-state index in [4.69, 9.17) is 9.15 Å². The Morgan fingerprint density at radius 2 is 1.59 bits per heavy atom. The highest BCUT2D eigenvalue weighted by atomic mass is 19.1. The summed E-state index contributed by atoms with van der Waals surface area (Å²) in [6, 6.07) is 23.5. The molecule has 4 aromatic rings. The van der Waals surface area contributed by atoms with Crippen molar-refractivity contribution in [2.24, 2.45) is 0 Å². The van der Waals surface area contributed by atoms with Crippen molar-refractivity contribution < 1.29 is 23.1 Å². The highest BCUT2D eigenvalue weighted by Crippen LogP contribution is 2.20. The number of hydrogen-bond acceptors (Lipinski definition) is 4. The van der Waals surface area contributed by atoms with Crippen LogP contribution in [-0.2, 0) is 19.7 Å². The first-order chi connectivity index (χ1) is 16.6. The van der Waals surface area contributed by atoms with E-state index in [0.29, 0.717) is 29.2 Å². The zero-order chi connectivity index (χ0) is 23.8. The van der Waals surface area contributed by atoms with Crippen molar-refractivity contribution in [2.75, 3.05) is 0 Å². The van der Waals surface area contributed by atoms with Crippen molar-refractivity contribution in [2.45, 2.75) is 19.7 Å². The number of furan rings is 1. The van der Waals surface area contributed by atoms with Gasteiger partial charge in [-0.1, -0.05) is 36.4 Å². The molecule has 0 fully saturated rings. The van der Waals surface area contributed by atoms with Crippen LogP contribution in [0.15, 0.2) is 95.6 Å². The minimum Gasteiger partial charge on any atom is -0.488 e. The maximum absolute atomic E-state index is 13.1. The largest absolute Gasteiger partial charge is 0.488 e. The number of benzene rings is 3. The molecule has 0 saturated carbocycles. The van der Waals surface area contributed by atoms with Gasteiger partial charge >= 0.3 is 0 Å². The van der Waals surface area contributed by atoms with Gasteiger partial charge in [0.1, 0.15) is 23.9 Å². The quantitative estimate of drug-likeness (QED) is 0.376. The van der Waals surface area contributed by atoms with Gasteiger partial charge < -0.3 is 19.8 Å². The molecule has 2 amide bonds. The smallest absolute Gasteiger partial charge is 0.255 e. The van der Waals surface area contributed by atoms with E-state index in [2.05, 4.69) is 10.6 Å². The maximum atomic E-state index is 13.1. The zero-order valence-corrected chi connectivity index (χ0v) is 18.3. The Hall–Kier alpha value is -4.39. The van der Waals surface area contributed by atoms with Gasteiger partial charge in [-0.3, -0.25) is 9.59 Å². The minimum absolute atomic E-state index is 0.208. The second kappa shape index (κ2) is 11.0. The molecule has 172 valence electrons. The van der Waals surface area contributed by atoms with E-state index in [0.717, 1.165) is 11.1 Å². The molecule has 3 aromatic carbocycles. The van der Waals surface area contributed by atoms with Crippen molar-refractivity contribution in [3.05, 3.63) is 125 Å². The van der Waals surface area contributed by atoms with Crippen LogP contribution < -0.4 is 15.4 Å². The number of carbonyl (C=O) groups excluding carboxylic acids is 2. The molecule has 0 atom stereocenters. The van der Waals surface area contributed by atoms with Crippen LogP contribution in [0.5, 0.6) is 5.75 Å². The van der Waals surface area contributed by atoms with Crippen LogP contribution in [0.1, 0.15) is 37.6 Å². The molecule has 0 aliphatic carbocycles. The fourth-order valence-corrected chi connectivity index (χ4v) is 3.30. The first kappa shape index (κ1) is 22.8. The summed E-state index contributed by atoms with van der Waals surface area (Å²) in [6.45, 7) is 0.742. The minimum atomic E-state index is -0.317. The highest BCUT2D eigenvalue weighted by Gasteiger charge is 2.13. The summed E-state index contributed by atoms with van der Waals surface area (Å²) in [4.78, 5) is 25.2. The molecule has 0 aliphatic heterocycles. The van der Waals surface area contributed by atoms with Gasteiger partial charge in [-0.2, -0.15) is 0 Å². The van der Waals surface area contributed by atoms with Gasteiger partial charge in [0.15, 0.2) is 0 Å². The lowest BCUT2D eigenvalue weighted by Crippen LogP contribution is -2.25. The summed E-state index contributed by atoms with van der Waals surface area (Å²) >= 11 is 0. The average Bonchev–Trinajstić information content (AvgIpc) is 3.40. The van der Waals surface area contributed by atoms with E-state index >= 15 is 0 Å². The van der Waals surface area contributed by atoms with E-state index in [1.165, 1.54) is 12.1 Å². The Morgan fingerprint density at radius 1 is 0.794 bits per heavy atom. The lowest BCUT2D eigenvalue weighted by molar-refractivity contribution is 0.0941. The van der Waals surface area contributed by atoms with Crippen molar-refractivity contribution in [1.82, 2.24) is 10.6 Å². The summed E-state index contributed by atoms with van der Waals surface area (Å²) in [6.07, 6.45) is 1.55. The predicted molar refractivity (Wildman–Crippen MR) is 125 cm³/mol. The zero-order valence-electron chi connectivity index (χ0n) is 18.3. The number of para-hydroxylation sites is 1. The van der Waals surface area contributed by atoms with Crippen LogP contribution in [0.4, 0.5) is 4.39 Å². The molecule has 34 heavy (non-hydrogen) atoms. The van der Waals surface area contributed by atoms with Gasteiger partial charge in [0.05, 0.1) is 18.4 Å². The van der Waals surface area contributed by atoms with Gasteiger partial charge in [0.25, 0.3) is 11.8 Å². The number of nitrogens with one attached hydrogen (secondary N) is 2. The summed E-state index contributed by atoms with van der Waals surface area (Å²) in [7, 11) is 0. The Labute approximate surface area is 196 Å². The molecule has 0 spiro atoms. The fraction of sp³-hybridized carbons (Fsp3) is 0.111. The Bertz CT molecular complexity index is 1250. The molecule has 0 aliphatic rings. The summed E-state index contributed by atoms with van der Waals surface area (Å²) in [5.74, 6) is 0.238. The Morgan fingerprint density at radius 3 is 2.38 bits per heavy atom. The molecule has 1 aromatic heterocycles. The number of halogens is 1. The van der Waals surface area contributed by atoms with Gasteiger partial charge in [-0.15, -0.1) is 0 Å². The molecule has 1 heterocycles. The van der Waals surface area contributed by atoms with Gasteiger partial charge in [-0.05, 0) is 59.7 Å². The van der Waals surface area contributed by atoms with Crippen LogP contribution in [0.2, 0.25) is 0 Å². The molecule has 0 bridgehead atoms. The third-order valence-electron chi connectivity index (χ3n) is 5.08. The first-order valence-electron chi connectivity index (χ1n) is 10.7. The maximum Gasteiger partial charge on any atom is 0.255 e. The number of carbonyl (C=O) groups is 2. The number of rotatable bonds is 9. The number of hydrogen-bond donors (Lipinski definition) is 2. The highest BCUT2D eigenvalue weighted by molar-refractivity contribution is 5.97. The Kier molecular flexibility index (Phi) is 7.35. The van der Waals surface area contributed by atoms with Crippen LogP contribution in [0.3, 0.4) is 0 Å². The van der Waals surface area contributed by atoms with E-state index in [-0.39, 0.29) is 30.8 Å². The SMILES string of the molecule is O=C(NCc1ccco1)c1cccc(CNC(=O)c2ccccc2OCc2ccc(F)cc2)c1. The third kappa shape index (κ3) is 6.10. The summed E-state index contributed by atoms with van der Waals surface area (Å²) in [5.41, 5.74) is 2.45. The molecule has 7 heteroatoms. The van der Waals surface area contributed by atoms with Crippen LogP contribution in [-0.4, -0.2) is 11.8 Å². The van der Waals surface area contributed by atoms with Crippen molar-refractivity contribution in [3.8, 4) is 5.75 Å². The van der Waals surface area contributed by atoms with E-state index < -0.39 is 0 Å². The molecule has 0 radical (unpaired) electrons. The lowest BCUT2D eigenvalue weighted by atomic mass is 10.1. The summed E-state index contributed by atoms with van der Waals surface area (Å²) in [5, 5.41) is 5.67. The topological polar surface area (TPSA) is 80.6 Å². The first-order valence-corrected chi connectivity index (χ1v) is 10.7. The number of amides is 2. The second-order valence-corrected chi connectivity index (χ2v) is 7.56.